The van der Waals surface area contributed by atoms with Crippen molar-refractivity contribution in [2.24, 2.45) is 0 Å². The largest absolute Gasteiger partial charge is 0.441 e. The summed E-state index contributed by atoms with van der Waals surface area (Å²) in [5.74, 6) is 1.19. The molecule has 0 spiro atoms. The zero-order valence-electron chi connectivity index (χ0n) is 11.1. The van der Waals surface area contributed by atoms with E-state index in [9.17, 15) is 5.11 Å². The molecule has 5 heteroatoms. The van der Waals surface area contributed by atoms with Gasteiger partial charge in [0.05, 0.1) is 11.9 Å². The van der Waals surface area contributed by atoms with E-state index >= 15 is 0 Å². The quantitative estimate of drug-likeness (QED) is 0.740. The Kier molecular flexibility index (Phi) is 2.46. The van der Waals surface area contributed by atoms with Crippen molar-refractivity contribution in [2.75, 3.05) is 0 Å². The number of nitrogens with one attached hydrogen (secondary N) is 1. The molecule has 0 saturated carbocycles. The van der Waals surface area contributed by atoms with E-state index < -0.39 is 5.60 Å². The van der Waals surface area contributed by atoms with Crippen LogP contribution < -0.4 is 0 Å². The van der Waals surface area contributed by atoms with E-state index in [0.29, 0.717) is 11.7 Å². The molecule has 0 aliphatic heterocycles. The summed E-state index contributed by atoms with van der Waals surface area (Å²) < 4.78 is 5.44. The zero-order chi connectivity index (χ0) is 13.6. The highest BCUT2D eigenvalue weighted by atomic mass is 16.3. The maximum atomic E-state index is 9.90. The Morgan fingerprint density at radius 2 is 2.11 bits per heavy atom. The molecule has 98 valence electrons. The summed E-state index contributed by atoms with van der Waals surface area (Å²) in [6.07, 6.45) is 1.71. The smallest absolute Gasteiger partial charge is 0.192 e. The first-order valence-corrected chi connectivity index (χ1v) is 6.09. The zero-order valence-corrected chi connectivity index (χ0v) is 11.1. The first kappa shape index (κ1) is 11.9. The lowest BCUT2D eigenvalue weighted by Crippen LogP contribution is -2.17. The molecule has 0 aliphatic rings. The predicted octanol–water partition coefficient (Wildman–Crippen LogP) is 2.75. The standard InChI is InChI=1S/C14H15N3O2/c1-8-16-10-6-9(4-5-12(10)19-8)11-7-15-13(17-11)14(2,3)18/h4-7,18H,1-3H3,(H,15,17). The highest BCUT2D eigenvalue weighted by molar-refractivity contribution is 5.79. The summed E-state index contributed by atoms with van der Waals surface area (Å²) in [7, 11) is 0. The van der Waals surface area contributed by atoms with Crippen LogP contribution in [-0.4, -0.2) is 20.1 Å². The molecule has 5 nitrogen and oxygen atoms in total. The molecule has 2 heterocycles. The van der Waals surface area contributed by atoms with Gasteiger partial charge in [-0.15, -0.1) is 0 Å². The summed E-state index contributed by atoms with van der Waals surface area (Å²) in [6, 6.07) is 5.76. The van der Waals surface area contributed by atoms with Crippen molar-refractivity contribution < 1.29 is 9.52 Å². The number of hydrogen-bond acceptors (Lipinski definition) is 4. The van der Waals surface area contributed by atoms with Gasteiger partial charge in [0.1, 0.15) is 16.9 Å². The molecule has 0 fully saturated rings. The van der Waals surface area contributed by atoms with Crippen molar-refractivity contribution in [1.82, 2.24) is 15.0 Å². The number of aromatic amines is 1. The van der Waals surface area contributed by atoms with E-state index in [0.717, 1.165) is 22.4 Å². The Balaban J connectivity index is 2.06. The molecule has 0 bridgehead atoms. The van der Waals surface area contributed by atoms with Crippen LogP contribution in [0.1, 0.15) is 25.6 Å². The number of oxazole rings is 1. The van der Waals surface area contributed by atoms with Crippen molar-refractivity contribution in [1.29, 1.82) is 0 Å². The van der Waals surface area contributed by atoms with Crippen molar-refractivity contribution >= 4 is 11.1 Å². The van der Waals surface area contributed by atoms with Crippen LogP contribution in [0.4, 0.5) is 0 Å². The average molecular weight is 257 g/mol. The molecule has 2 N–H and O–H groups in total. The van der Waals surface area contributed by atoms with Gasteiger partial charge in [-0.3, -0.25) is 0 Å². The first-order valence-electron chi connectivity index (χ1n) is 6.09. The van der Waals surface area contributed by atoms with Gasteiger partial charge in [-0.25, -0.2) is 9.97 Å². The number of aromatic nitrogens is 3. The number of benzene rings is 1. The molecule has 3 rings (SSSR count). The van der Waals surface area contributed by atoms with Gasteiger partial charge in [0.25, 0.3) is 0 Å². The Bertz CT molecular complexity index is 735. The van der Waals surface area contributed by atoms with Crippen LogP contribution >= 0.6 is 0 Å². The molecule has 0 aliphatic carbocycles. The summed E-state index contributed by atoms with van der Waals surface area (Å²) >= 11 is 0. The lowest BCUT2D eigenvalue weighted by Gasteiger charge is -2.12. The van der Waals surface area contributed by atoms with Gasteiger partial charge in [-0.05, 0) is 32.0 Å². The lowest BCUT2D eigenvalue weighted by atomic mass is 10.1. The van der Waals surface area contributed by atoms with Gasteiger partial charge in [-0.2, -0.15) is 0 Å². The predicted molar refractivity (Wildman–Crippen MR) is 71.6 cm³/mol. The molecule has 0 amide bonds. The van der Waals surface area contributed by atoms with Gasteiger partial charge in [0, 0.05) is 12.5 Å². The fourth-order valence-corrected chi connectivity index (χ4v) is 1.99. The second-order valence-corrected chi connectivity index (χ2v) is 5.12. The number of aliphatic hydroxyl groups is 1. The highest BCUT2D eigenvalue weighted by Gasteiger charge is 2.20. The Morgan fingerprint density at radius 1 is 1.32 bits per heavy atom. The topological polar surface area (TPSA) is 74.9 Å². The second-order valence-electron chi connectivity index (χ2n) is 5.12. The molecule has 0 saturated heterocycles. The van der Waals surface area contributed by atoms with E-state index in [-0.39, 0.29) is 0 Å². The van der Waals surface area contributed by atoms with Crippen molar-refractivity contribution in [3.8, 4) is 11.3 Å². The third-order valence-electron chi connectivity index (χ3n) is 2.96. The van der Waals surface area contributed by atoms with Crippen LogP contribution in [0.5, 0.6) is 0 Å². The van der Waals surface area contributed by atoms with Crippen LogP contribution in [0.15, 0.2) is 28.8 Å². The van der Waals surface area contributed by atoms with Crippen molar-refractivity contribution in [2.45, 2.75) is 26.4 Å². The summed E-state index contributed by atoms with van der Waals surface area (Å²) in [5, 5.41) is 9.90. The second kappa shape index (κ2) is 3.93. The molecular weight excluding hydrogens is 242 g/mol. The van der Waals surface area contributed by atoms with E-state index in [1.165, 1.54) is 0 Å². The van der Waals surface area contributed by atoms with Crippen LogP contribution in [0.2, 0.25) is 0 Å². The summed E-state index contributed by atoms with van der Waals surface area (Å²) in [4.78, 5) is 11.6. The van der Waals surface area contributed by atoms with E-state index in [4.69, 9.17) is 4.42 Å². The van der Waals surface area contributed by atoms with Gasteiger partial charge in [0.15, 0.2) is 11.5 Å². The first-order chi connectivity index (χ1) is 8.93. The minimum atomic E-state index is -0.979. The monoisotopic (exact) mass is 257 g/mol. The summed E-state index contributed by atoms with van der Waals surface area (Å²) in [5.41, 5.74) is 2.41. The lowest BCUT2D eigenvalue weighted by molar-refractivity contribution is 0.0697. The maximum absolute atomic E-state index is 9.90. The molecule has 0 radical (unpaired) electrons. The number of hydrogen-bond donors (Lipinski definition) is 2. The van der Waals surface area contributed by atoms with Crippen LogP contribution in [-0.2, 0) is 5.60 Å². The molecule has 3 aromatic rings. The molecule has 1 aromatic carbocycles. The van der Waals surface area contributed by atoms with E-state index in [2.05, 4.69) is 15.0 Å². The third kappa shape index (κ3) is 2.13. The molecular formula is C14H15N3O2. The normalized spacial score (nSPS) is 12.2. The van der Waals surface area contributed by atoms with Crippen LogP contribution in [0, 0.1) is 6.92 Å². The van der Waals surface area contributed by atoms with Crippen molar-refractivity contribution in [3.63, 3.8) is 0 Å². The Hall–Kier alpha value is -2.14. The molecule has 0 atom stereocenters. The number of fused-ring (bicyclic) bond motifs is 1. The third-order valence-corrected chi connectivity index (χ3v) is 2.96. The summed E-state index contributed by atoms with van der Waals surface area (Å²) in [6.45, 7) is 5.21. The van der Waals surface area contributed by atoms with Gasteiger partial charge in [0.2, 0.25) is 0 Å². The van der Waals surface area contributed by atoms with Gasteiger partial charge in [-0.1, -0.05) is 0 Å². The number of H-pyrrole nitrogens is 1. The number of aryl methyl sites for hydroxylation is 1. The number of nitrogens with zero attached hydrogens (tertiary/aromatic N) is 2. The van der Waals surface area contributed by atoms with Gasteiger partial charge < -0.3 is 14.5 Å². The average Bonchev–Trinajstić information content (AvgIpc) is 2.90. The molecule has 2 aromatic heterocycles. The Labute approximate surface area is 110 Å². The fourth-order valence-electron chi connectivity index (χ4n) is 1.99. The van der Waals surface area contributed by atoms with E-state index in [1.807, 2.05) is 25.1 Å². The highest BCUT2D eigenvalue weighted by Crippen LogP contribution is 2.25. The van der Waals surface area contributed by atoms with Crippen molar-refractivity contribution in [3.05, 3.63) is 36.1 Å². The van der Waals surface area contributed by atoms with E-state index in [1.54, 1.807) is 20.0 Å². The molecule has 0 unspecified atom stereocenters. The molecule has 19 heavy (non-hydrogen) atoms. The minimum absolute atomic E-state index is 0.541. The van der Waals surface area contributed by atoms with Crippen LogP contribution in [0.3, 0.4) is 0 Å². The maximum Gasteiger partial charge on any atom is 0.192 e. The number of rotatable bonds is 2. The Morgan fingerprint density at radius 3 is 2.79 bits per heavy atom. The fraction of sp³-hybridized carbons (Fsp3) is 0.286. The van der Waals surface area contributed by atoms with Crippen LogP contribution in [0.25, 0.3) is 22.4 Å². The van der Waals surface area contributed by atoms with Gasteiger partial charge >= 0.3 is 0 Å². The minimum Gasteiger partial charge on any atom is -0.441 e. The number of imidazole rings is 1. The SMILES string of the molecule is Cc1nc2cc(-c3cnc(C(C)(C)O)[nH]3)ccc2o1.